The minimum atomic E-state index is 0.852. The summed E-state index contributed by atoms with van der Waals surface area (Å²) in [5.74, 6) is 1.70. The molecule has 0 heterocycles. The topological polar surface area (TPSA) is 0 Å². The lowest BCUT2D eigenvalue weighted by atomic mass is 10.0. The van der Waals surface area contributed by atoms with Gasteiger partial charge in [-0.2, -0.15) is 0 Å². The summed E-state index contributed by atoms with van der Waals surface area (Å²) in [6.45, 7) is 37.3. The molecule has 0 spiro atoms. The molecule has 0 bridgehead atoms. The lowest BCUT2D eigenvalue weighted by Crippen LogP contribution is -1.95. The second-order valence-corrected chi connectivity index (χ2v) is 3.49. The Morgan fingerprint density at radius 3 is 0.455 bits per heavy atom. The molecule has 0 N–H and O–H groups in total. The molecule has 0 atom stereocenters. The van der Waals surface area contributed by atoms with Crippen LogP contribution in [-0.4, -0.2) is 0 Å². The van der Waals surface area contributed by atoms with Crippen molar-refractivity contribution in [1.29, 1.82) is 0 Å². The van der Waals surface area contributed by atoms with Crippen LogP contribution in [0.25, 0.3) is 0 Å². The number of rotatable bonds is 2. The summed E-state index contributed by atoms with van der Waals surface area (Å²) in [6.07, 6.45) is 2.64. The Labute approximate surface area is 149 Å². The Morgan fingerprint density at radius 1 is 0.364 bits per heavy atom. The highest BCUT2D eigenvalue weighted by atomic mass is 14.0. The Balaban J connectivity index is -0.0000000182. The molecular weight excluding hydrogens is 264 g/mol. The van der Waals surface area contributed by atoms with Crippen molar-refractivity contribution in [2.24, 2.45) is 11.8 Å². The van der Waals surface area contributed by atoms with E-state index in [0.29, 0.717) is 0 Å². The third-order valence-corrected chi connectivity index (χ3v) is 1.83. The van der Waals surface area contributed by atoms with Crippen molar-refractivity contribution >= 4 is 0 Å². The molecule has 0 saturated heterocycles. The van der Waals surface area contributed by atoms with Crippen LogP contribution in [0.15, 0.2) is 0 Å². The van der Waals surface area contributed by atoms with Crippen molar-refractivity contribution < 1.29 is 0 Å². The van der Waals surface area contributed by atoms with E-state index in [0.717, 1.165) is 11.8 Å². The summed E-state index contributed by atoms with van der Waals surface area (Å²) < 4.78 is 0. The maximum Gasteiger partial charge on any atom is -0.0448 e. The van der Waals surface area contributed by atoms with E-state index in [9.17, 15) is 0 Å². The summed E-state index contributed by atoms with van der Waals surface area (Å²) in [6, 6.07) is 0. The lowest BCUT2D eigenvalue weighted by Gasteiger charge is -2.05. The van der Waals surface area contributed by atoms with Gasteiger partial charge in [0, 0.05) is 0 Å². The fourth-order valence-corrected chi connectivity index (χ4v) is 0. The van der Waals surface area contributed by atoms with E-state index in [-0.39, 0.29) is 0 Å². The number of hydrogen-bond donors (Lipinski definition) is 0. The minimum Gasteiger partial charge on any atom is -0.0683 e. The molecule has 22 heavy (non-hydrogen) atoms. The molecule has 0 rings (SSSR count). The zero-order valence-corrected chi connectivity index (χ0v) is 20.6. The van der Waals surface area contributed by atoms with E-state index in [4.69, 9.17) is 0 Å². The summed E-state index contributed by atoms with van der Waals surface area (Å²) >= 11 is 0. The summed E-state index contributed by atoms with van der Waals surface area (Å²) in [4.78, 5) is 0. The van der Waals surface area contributed by atoms with Gasteiger partial charge in [0.05, 0.1) is 0 Å². The second kappa shape index (κ2) is 131. The molecule has 0 aliphatic carbocycles. The van der Waals surface area contributed by atoms with Crippen LogP contribution < -0.4 is 0 Å². The molecule has 0 aliphatic heterocycles. The first-order chi connectivity index (χ1) is 10.6. The van der Waals surface area contributed by atoms with Crippen molar-refractivity contribution in [3.8, 4) is 0 Å². The van der Waals surface area contributed by atoms with E-state index in [1.165, 1.54) is 12.8 Å². The Hall–Kier alpha value is 0. The van der Waals surface area contributed by atoms with Crippen molar-refractivity contribution in [2.75, 3.05) is 0 Å². The third-order valence-electron chi connectivity index (χ3n) is 1.83. The fourth-order valence-electron chi connectivity index (χ4n) is 0. The van der Waals surface area contributed by atoms with Gasteiger partial charge < -0.3 is 0 Å². The van der Waals surface area contributed by atoms with Crippen LogP contribution in [-0.2, 0) is 0 Å². The van der Waals surface area contributed by atoms with Crippen LogP contribution in [0.1, 0.15) is 137 Å². The molecule has 0 saturated carbocycles. The smallest absolute Gasteiger partial charge is 0.0448 e. The molecule has 0 amide bonds. The van der Waals surface area contributed by atoms with Gasteiger partial charge in [-0.3, -0.25) is 0 Å². The van der Waals surface area contributed by atoms with Gasteiger partial charge in [-0.25, -0.2) is 0 Å². The predicted molar refractivity (Wildman–Crippen MR) is 118 cm³/mol. The number of unbranched alkanes of at least 4 members (excludes halogenated alkanes) is 1. The highest BCUT2D eigenvalue weighted by Crippen LogP contribution is 2.05. The zero-order valence-electron chi connectivity index (χ0n) is 20.6. The molecular formula is C22H60. The average molecular weight is 325 g/mol. The standard InChI is InChI=1S/C6H14.C4H10.6C2H6/c1-5(2)6(3)4;1-3-4-2;6*1-2/h5-6H,1-4H3;3-4H2,1-2H3;6*1-2H3. The molecule has 0 aromatic carbocycles. The first-order valence-corrected chi connectivity index (χ1v) is 10.6. The molecule has 0 aromatic heterocycles. The molecule has 0 aliphatic rings. The minimum absolute atomic E-state index is 0.852. The van der Waals surface area contributed by atoms with E-state index in [1.807, 2.05) is 83.1 Å². The van der Waals surface area contributed by atoms with E-state index in [1.54, 1.807) is 0 Å². The Bertz CT molecular complexity index is 36.0. The molecule has 148 valence electrons. The molecule has 0 aromatic rings. The fraction of sp³-hybridized carbons (Fsp3) is 1.00. The largest absolute Gasteiger partial charge is 0.0683 e. The average Bonchev–Trinajstić information content (AvgIpc) is 2.65. The van der Waals surface area contributed by atoms with Gasteiger partial charge in [0.1, 0.15) is 0 Å². The number of hydrogen-bond acceptors (Lipinski definition) is 0. The van der Waals surface area contributed by atoms with Crippen LogP contribution >= 0.6 is 0 Å². The van der Waals surface area contributed by atoms with E-state index < -0.39 is 0 Å². The highest BCUT2D eigenvalue weighted by molar-refractivity contribution is 4.46. The van der Waals surface area contributed by atoms with E-state index >= 15 is 0 Å². The zero-order chi connectivity index (χ0) is 20.6. The van der Waals surface area contributed by atoms with Crippen LogP contribution in [0.4, 0.5) is 0 Å². The van der Waals surface area contributed by atoms with Crippen molar-refractivity contribution in [3.63, 3.8) is 0 Å². The summed E-state index contributed by atoms with van der Waals surface area (Å²) in [5.41, 5.74) is 0. The maximum absolute atomic E-state index is 2.24. The lowest BCUT2D eigenvalue weighted by molar-refractivity contribution is 0.457. The molecule has 0 nitrogen and oxygen atoms in total. The Kier molecular flexibility index (Phi) is 295. The van der Waals surface area contributed by atoms with Gasteiger partial charge in [0.15, 0.2) is 0 Å². The SMILES string of the molecule is CC.CC.CC.CC.CC.CC.CC(C)C(C)C.CCCC. The summed E-state index contributed by atoms with van der Waals surface area (Å²) in [5, 5.41) is 0. The first-order valence-electron chi connectivity index (χ1n) is 10.6. The summed E-state index contributed by atoms with van der Waals surface area (Å²) in [7, 11) is 0. The van der Waals surface area contributed by atoms with Crippen molar-refractivity contribution in [2.45, 2.75) is 137 Å². The van der Waals surface area contributed by atoms with E-state index in [2.05, 4.69) is 41.5 Å². The maximum atomic E-state index is 2.24. The van der Waals surface area contributed by atoms with Crippen molar-refractivity contribution in [3.05, 3.63) is 0 Å². The van der Waals surface area contributed by atoms with Gasteiger partial charge in [0.2, 0.25) is 0 Å². The normalized spacial score (nSPS) is 6.00. The first kappa shape index (κ1) is 49.5. The van der Waals surface area contributed by atoms with Crippen LogP contribution in [0, 0.1) is 11.8 Å². The van der Waals surface area contributed by atoms with Gasteiger partial charge in [-0.15, -0.1) is 0 Å². The third kappa shape index (κ3) is 289. The molecule has 0 fully saturated rings. The van der Waals surface area contributed by atoms with Crippen molar-refractivity contribution in [1.82, 2.24) is 0 Å². The quantitative estimate of drug-likeness (QED) is 0.473. The predicted octanol–water partition coefficient (Wildman–Crippen LogP) is 10.3. The molecule has 0 unspecified atom stereocenters. The highest BCUT2D eigenvalue weighted by Gasteiger charge is 1.95. The van der Waals surface area contributed by atoms with Gasteiger partial charge in [-0.1, -0.05) is 137 Å². The molecule has 0 heteroatoms. The van der Waals surface area contributed by atoms with Gasteiger partial charge >= 0.3 is 0 Å². The van der Waals surface area contributed by atoms with Crippen LogP contribution in [0.2, 0.25) is 0 Å². The van der Waals surface area contributed by atoms with Crippen LogP contribution in [0.5, 0.6) is 0 Å². The van der Waals surface area contributed by atoms with Crippen LogP contribution in [0.3, 0.4) is 0 Å². The molecule has 0 radical (unpaired) electrons. The Morgan fingerprint density at radius 2 is 0.455 bits per heavy atom. The van der Waals surface area contributed by atoms with Gasteiger partial charge in [0.25, 0.3) is 0 Å². The van der Waals surface area contributed by atoms with Gasteiger partial charge in [-0.05, 0) is 11.8 Å². The second-order valence-electron chi connectivity index (χ2n) is 3.49. The monoisotopic (exact) mass is 324 g/mol.